The van der Waals surface area contributed by atoms with Crippen molar-refractivity contribution in [2.24, 2.45) is 0 Å². The topological polar surface area (TPSA) is 116 Å². The van der Waals surface area contributed by atoms with Crippen LogP contribution in [0.5, 0.6) is 0 Å². The van der Waals surface area contributed by atoms with Gasteiger partial charge in [-0.3, -0.25) is 0 Å². The van der Waals surface area contributed by atoms with Gasteiger partial charge in [0.1, 0.15) is 24.4 Å². The predicted molar refractivity (Wildman–Crippen MR) is 64.1 cm³/mol. The van der Waals surface area contributed by atoms with Crippen molar-refractivity contribution in [1.82, 2.24) is 0 Å². The molecule has 0 spiro atoms. The van der Waals surface area contributed by atoms with E-state index in [2.05, 4.69) is 4.74 Å². The first-order valence-electron chi connectivity index (χ1n) is 5.70. The fourth-order valence-electron chi connectivity index (χ4n) is 1.01. The second-order valence-corrected chi connectivity index (χ2v) is 3.35. The minimum absolute atomic E-state index is 0.304. The maximum absolute atomic E-state index is 10.3. The molecular formula is C11H24O7. The van der Waals surface area contributed by atoms with Gasteiger partial charge in [-0.25, -0.2) is 0 Å². The van der Waals surface area contributed by atoms with Gasteiger partial charge in [-0.1, -0.05) is 0 Å². The second kappa shape index (κ2) is 12.9. The third-order valence-corrected chi connectivity index (χ3v) is 2.08. The molecule has 0 amide bonds. The zero-order valence-electron chi connectivity index (χ0n) is 11.0. The number of rotatable bonds is 8. The van der Waals surface area contributed by atoms with E-state index in [9.17, 15) is 9.90 Å². The molecule has 0 aliphatic rings. The lowest BCUT2D eigenvalue weighted by atomic mass is 10.0. The zero-order valence-corrected chi connectivity index (χ0v) is 11.0. The van der Waals surface area contributed by atoms with Gasteiger partial charge in [-0.15, -0.1) is 0 Å². The van der Waals surface area contributed by atoms with Crippen LogP contribution in [0.2, 0.25) is 0 Å². The molecule has 0 heterocycles. The van der Waals surface area contributed by atoms with Gasteiger partial charge in [0.15, 0.2) is 6.29 Å². The second-order valence-electron chi connectivity index (χ2n) is 3.35. The summed E-state index contributed by atoms with van der Waals surface area (Å²) in [4.78, 5) is 10.3. The molecule has 0 saturated heterocycles. The van der Waals surface area contributed by atoms with E-state index in [0.29, 0.717) is 6.29 Å². The number of aliphatic hydroxyl groups excluding tert-OH is 4. The van der Waals surface area contributed by atoms with Crippen LogP contribution in [0.3, 0.4) is 0 Å². The van der Waals surface area contributed by atoms with Crippen LogP contribution in [-0.4, -0.2) is 78.1 Å². The highest BCUT2D eigenvalue weighted by Gasteiger charge is 2.30. The molecule has 4 atom stereocenters. The Hall–Kier alpha value is -0.570. The lowest BCUT2D eigenvalue weighted by Gasteiger charge is -2.24. The van der Waals surface area contributed by atoms with Crippen molar-refractivity contribution in [2.75, 3.05) is 26.9 Å². The molecule has 0 radical (unpaired) electrons. The van der Waals surface area contributed by atoms with E-state index in [1.165, 1.54) is 7.11 Å². The first-order valence-corrected chi connectivity index (χ1v) is 5.70. The van der Waals surface area contributed by atoms with E-state index in [1.807, 2.05) is 13.8 Å². The first kappa shape index (κ1) is 19.8. The molecule has 0 aromatic rings. The lowest BCUT2D eigenvalue weighted by Crippen LogP contribution is -2.47. The Kier molecular flexibility index (Phi) is 14.1. The number of methoxy groups -OCH3 is 1. The number of carbonyl (C=O) groups is 1. The van der Waals surface area contributed by atoms with Crippen molar-refractivity contribution < 1.29 is 34.7 Å². The summed E-state index contributed by atoms with van der Waals surface area (Å²) in [5.74, 6) is 0. The van der Waals surface area contributed by atoms with Gasteiger partial charge in [-0.05, 0) is 13.8 Å². The van der Waals surface area contributed by atoms with E-state index < -0.39 is 31.0 Å². The normalized spacial score (nSPS) is 17.1. The van der Waals surface area contributed by atoms with Gasteiger partial charge in [0.05, 0.1) is 6.61 Å². The molecule has 0 fully saturated rings. The third-order valence-electron chi connectivity index (χ3n) is 2.08. The molecule has 0 aromatic heterocycles. The molecular weight excluding hydrogens is 244 g/mol. The van der Waals surface area contributed by atoms with E-state index in [1.54, 1.807) is 0 Å². The summed E-state index contributed by atoms with van der Waals surface area (Å²) in [5, 5.41) is 35.7. The Morgan fingerprint density at radius 2 is 1.61 bits per heavy atom. The zero-order chi connectivity index (χ0) is 14.6. The number of aldehydes is 1. The summed E-state index contributed by atoms with van der Waals surface area (Å²) in [6.45, 7) is 4.97. The minimum atomic E-state index is -1.61. The summed E-state index contributed by atoms with van der Waals surface area (Å²) in [7, 11) is 1.18. The average molecular weight is 268 g/mol. The Morgan fingerprint density at radius 1 is 1.11 bits per heavy atom. The van der Waals surface area contributed by atoms with Crippen LogP contribution in [0.1, 0.15) is 13.8 Å². The smallest absolute Gasteiger partial charge is 0.151 e. The highest BCUT2D eigenvalue weighted by Crippen LogP contribution is 2.05. The molecule has 0 unspecified atom stereocenters. The van der Waals surface area contributed by atoms with Crippen LogP contribution in [0.15, 0.2) is 0 Å². The van der Waals surface area contributed by atoms with Crippen LogP contribution < -0.4 is 0 Å². The molecule has 0 aromatic carbocycles. The summed E-state index contributed by atoms with van der Waals surface area (Å²) in [5.41, 5.74) is 0. The van der Waals surface area contributed by atoms with Gasteiger partial charge in [0, 0.05) is 20.3 Å². The maximum atomic E-state index is 10.3. The van der Waals surface area contributed by atoms with Gasteiger partial charge >= 0.3 is 0 Å². The lowest BCUT2D eigenvalue weighted by molar-refractivity contribution is -0.141. The van der Waals surface area contributed by atoms with Crippen molar-refractivity contribution in [3.05, 3.63) is 0 Å². The Labute approximate surface area is 107 Å². The fourth-order valence-corrected chi connectivity index (χ4v) is 1.01. The molecule has 0 aliphatic carbocycles. The summed E-state index contributed by atoms with van der Waals surface area (Å²) in [6.07, 6.45) is -5.56. The summed E-state index contributed by atoms with van der Waals surface area (Å²) in [6, 6.07) is 0. The Bertz CT molecular complexity index is 186. The SMILES string of the molecule is CCOCC.CO[C@@H](C=O)[C@@H](O)[C@H](O)[C@H](O)CO. The Morgan fingerprint density at radius 3 is 1.83 bits per heavy atom. The van der Waals surface area contributed by atoms with Crippen molar-refractivity contribution in [3.63, 3.8) is 0 Å². The molecule has 0 rings (SSSR count). The number of carbonyl (C=O) groups excluding carboxylic acids is 1. The molecule has 4 N–H and O–H groups in total. The van der Waals surface area contributed by atoms with Crippen molar-refractivity contribution >= 4 is 6.29 Å². The average Bonchev–Trinajstić information content (AvgIpc) is 2.39. The molecule has 0 aliphatic heterocycles. The van der Waals surface area contributed by atoms with E-state index in [-0.39, 0.29) is 0 Å². The Balaban J connectivity index is 0. The van der Waals surface area contributed by atoms with Crippen molar-refractivity contribution in [2.45, 2.75) is 38.3 Å². The summed E-state index contributed by atoms with van der Waals surface area (Å²) >= 11 is 0. The van der Waals surface area contributed by atoms with E-state index in [0.717, 1.165) is 13.2 Å². The van der Waals surface area contributed by atoms with Crippen LogP contribution in [-0.2, 0) is 14.3 Å². The molecule has 18 heavy (non-hydrogen) atoms. The monoisotopic (exact) mass is 268 g/mol. The van der Waals surface area contributed by atoms with Crippen LogP contribution in [0.4, 0.5) is 0 Å². The fraction of sp³-hybridized carbons (Fsp3) is 0.909. The third kappa shape index (κ3) is 8.51. The molecule has 110 valence electrons. The minimum Gasteiger partial charge on any atom is -0.394 e. The van der Waals surface area contributed by atoms with Crippen LogP contribution in [0, 0.1) is 0 Å². The molecule has 7 heteroatoms. The molecule has 7 nitrogen and oxygen atoms in total. The van der Waals surface area contributed by atoms with E-state index >= 15 is 0 Å². The molecule has 0 saturated carbocycles. The maximum Gasteiger partial charge on any atom is 0.151 e. The van der Waals surface area contributed by atoms with Crippen LogP contribution >= 0.6 is 0 Å². The number of ether oxygens (including phenoxy) is 2. The van der Waals surface area contributed by atoms with Crippen molar-refractivity contribution in [3.8, 4) is 0 Å². The first-order chi connectivity index (χ1) is 8.49. The van der Waals surface area contributed by atoms with Gasteiger partial charge in [0.2, 0.25) is 0 Å². The van der Waals surface area contributed by atoms with E-state index in [4.69, 9.17) is 20.1 Å². The molecule has 0 bridgehead atoms. The number of hydrogen-bond donors (Lipinski definition) is 4. The number of aliphatic hydroxyl groups is 4. The quantitative estimate of drug-likeness (QED) is 0.388. The standard InChI is InChI=1S/C7H14O6.C4H10O/c1-13-5(3-9)7(12)6(11)4(10)2-8;1-3-5-4-2/h3-8,10-12H,2H2,1H3;3-4H2,1-2H3/t4-,5+,6-,7-;/m1./s1. The highest BCUT2D eigenvalue weighted by atomic mass is 16.5. The largest absolute Gasteiger partial charge is 0.394 e. The van der Waals surface area contributed by atoms with Gasteiger partial charge < -0.3 is 34.7 Å². The number of hydrogen-bond acceptors (Lipinski definition) is 7. The predicted octanol–water partition coefficient (Wildman–Crippen LogP) is -1.68. The summed E-state index contributed by atoms with van der Waals surface area (Å²) < 4.78 is 9.34. The van der Waals surface area contributed by atoms with Crippen LogP contribution in [0.25, 0.3) is 0 Å². The van der Waals surface area contributed by atoms with Gasteiger partial charge in [-0.2, -0.15) is 0 Å². The highest BCUT2D eigenvalue weighted by molar-refractivity contribution is 5.57. The van der Waals surface area contributed by atoms with Crippen molar-refractivity contribution in [1.29, 1.82) is 0 Å². The van der Waals surface area contributed by atoms with Gasteiger partial charge in [0.25, 0.3) is 0 Å².